The minimum Gasteiger partial charge on any atom is -0.367 e. The Morgan fingerprint density at radius 2 is 2.08 bits per heavy atom. The number of aromatic nitrogens is 1. The third-order valence-corrected chi connectivity index (χ3v) is 1.73. The predicted molar refractivity (Wildman–Crippen MR) is 50.2 cm³/mol. The molecule has 2 nitrogen and oxygen atoms in total. The second-order valence-corrected chi connectivity index (χ2v) is 2.57. The van der Waals surface area contributed by atoms with Crippen LogP contribution in [0.4, 0.5) is 0 Å². The lowest BCUT2D eigenvalue weighted by Gasteiger charge is -2.01. The van der Waals surface area contributed by atoms with E-state index in [1.807, 2.05) is 49.0 Å². The number of nitrogens with one attached hydrogen (secondary N) is 2. The third kappa shape index (κ3) is 1.32. The van der Waals surface area contributed by atoms with Crippen LogP contribution >= 0.6 is 0 Å². The number of hydrogen-bond donors (Lipinski definition) is 2. The molecular weight excluding hydrogens is 148 g/mol. The molecule has 1 aliphatic rings. The summed E-state index contributed by atoms with van der Waals surface area (Å²) in [6, 6.07) is 2.03. The molecule has 1 aromatic rings. The monoisotopic (exact) mass is 158 g/mol. The summed E-state index contributed by atoms with van der Waals surface area (Å²) in [5.41, 5.74) is 2.28. The molecule has 0 unspecified atom stereocenters. The first-order chi connectivity index (χ1) is 5.97. The van der Waals surface area contributed by atoms with Gasteiger partial charge in [0.05, 0.1) is 0 Å². The van der Waals surface area contributed by atoms with Crippen molar-refractivity contribution in [3.05, 3.63) is 54.5 Å². The van der Waals surface area contributed by atoms with E-state index in [0.717, 1.165) is 5.70 Å². The molecule has 0 saturated heterocycles. The van der Waals surface area contributed by atoms with Gasteiger partial charge < -0.3 is 10.3 Å². The Balaban J connectivity index is 2.30. The van der Waals surface area contributed by atoms with E-state index in [0.29, 0.717) is 0 Å². The second kappa shape index (κ2) is 3.13. The molecule has 2 heteroatoms. The summed E-state index contributed by atoms with van der Waals surface area (Å²) < 4.78 is 0. The Morgan fingerprint density at radius 3 is 2.92 bits per heavy atom. The topological polar surface area (TPSA) is 27.8 Å². The van der Waals surface area contributed by atoms with Gasteiger partial charge in [0, 0.05) is 29.9 Å². The normalized spacial score (nSPS) is 15.2. The van der Waals surface area contributed by atoms with Crippen molar-refractivity contribution in [2.24, 2.45) is 0 Å². The Bertz CT molecular complexity index is 329. The first-order valence-corrected chi connectivity index (χ1v) is 3.90. The summed E-state index contributed by atoms with van der Waals surface area (Å²) in [7, 11) is 0. The standard InChI is InChI=1S/C10H10N2/c1-2-4-10(12-6-3-1)9-5-7-11-8-9/h1-8,11-12H. The first kappa shape index (κ1) is 6.98. The molecule has 2 N–H and O–H groups in total. The zero-order valence-electron chi connectivity index (χ0n) is 6.62. The maximum absolute atomic E-state index is 3.18. The van der Waals surface area contributed by atoms with Gasteiger partial charge in [-0.1, -0.05) is 12.2 Å². The maximum Gasteiger partial charge on any atom is 0.0468 e. The molecule has 12 heavy (non-hydrogen) atoms. The average molecular weight is 158 g/mol. The zero-order valence-corrected chi connectivity index (χ0v) is 6.62. The van der Waals surface area contributed by atoms with Gasteiger partial charge in [-0.3, -0.25) is 0 Å². The molecule has 0 fully saturated rings. The summed E-state index contributed by atoms with van der Waals surface area (Å²) in [4.78, 5) is 3.02. The molecule has 1 aromatic heterocycles. The van der Waals surface area contributed by atoms with Crippen LogP contribution in [0.3, 0.4) is 0 Å². The van der Waals surface area contributed by atoms with Crippen molar-refractivity contribution in [2.45, 2.75) is 0 Å². The van der Waals surface area contributed by atoms with E-state index in [-0.39, 0.29) is 0 Å². The highest BCUT2D eigenvalue weighted by atomic mass is 14.9. The lowest BCUT2D eigenvalue weighted by molar-refractivity contribution is 1.22. The van der Waals surface area contributed by atoms with E-state index in [1.165, 1.54) is 5.56 Å². The maximum atomic E-state index is 3.18. The molecule has 0 radical (unpaired) electrons. The highest BCUT2D eigenvalue weighted by molar-refractivity contribution is 5.66. The molecule has 0 saturated carbocycles. The minimum atomic E-state index is 1.11. The molecule has 2 rings (SSSR count). The van der Waals surface area contributed by atoms with Gasteiger partial charge in [-0.15, -0.1) is 0 Å². The summed E-state index contributed by atoms with van der Waals surface area (Å²) in [5, 5.41) is 3.18. The predicted octanol–water partition coefficient (Wildman–Crippen LogP) is 2.03. The molecule has 0 spiro atoms. The summed E-state index contributed by atoms with van der Waals surface area (Å²) >= 11 is 0. The number of hydrogen-bond acceptors (Lipinski definition) is 1. The Labute approximate surface area is 71.3 Å². The number of aromatic amines is 1. The van der Waals surface area contributed by atoms with Crippen LogP contribution in [0, 0.1) is 0 Å². The van der Waals surface area contributed by atoms with Crippen LogP contribution in [-0.2, 0) is 0 Å². The summed E-state index contributed by atoms with van der Waals surface area (Å²) in [6.07, 6.45) is 13.8. The van der Waals surface area contributed by atoms with Crippen molar-refractivity contribution in [2.75, 3.05) is 0 Å². The van der Waals surface area contributed by atoms with Crippen molar-refractivity contribution in [3.63, 3.8) is 0 Å². The second-order valence-electron chi connectivity index (χ2n) is 2.57. The van der Waals surface area contributed by atoms with E-state index < -0.39 is 0 Å². The fourth-order valence-corrected chi connectivity index (χ4v) is 1.13. The van der Waals surface area contributed by atoms with Gasteiger partial charge in [-0.2, -0.15) is 0 Å². The van der Waals surface area contributed by atoms with Gasteiger partial charge >= 0.3 is 0 Å². The van der Waals surface area contributed by atoms with E-state index in [9.17, 15) is 0 Å². The number of allylic oxidation sites excluding steroid dienone is 4. The molecule has 0 aromatic carbocycles. The molecule has 0 aliphatic carbocycles. The van der Waals surface area contributed by atoms with E-state index in [4.69, 9.17) is 0 Å². The van der Waals surface area contributed by atoms with Crippen LogP contribution in [-0.4, -0.2) is 4.98 Å². The lowest BCUT2D eigenvalue weighted by Crippen LogP contribution is -2.01. The van der Waals surface area contributed by atoms with Crippen molar-refractivity contribution < 1.29 is 0 Å². The van der Waals surface area contributed by atoms with Crippen molar-refractivity contribution in [1.29, 1.82) is 0 Å². The van der Waals surface area contributed by atoms with Crippen LogP contribution in [0.15, 0.2) is 49.0 Å². The lowest BCUT2D eigenvalue weighted by atomic mass is 10.2. The number of H-pyrrole nitrogens is 1. The highest BCUT2D eigenvalue weighted by Gasteiger charge is 1.98. The summed E-state index contributed by atoms with van der Waals surface area (Å²) in [6.45, 7) is 0. The fourth-order valence-electron chi connectivity index (χ4n) is 1.13. The molecule has 1 aliphatic heterocycles. The molecule has 60 valence electrons. The Morgan fingerprint density at radius 1 is 1.08 bits per heavy atom. The van der Waals surface area contributed by atoms with Crippen LogP contribution in [0.2, 0.25) is 0 Å². The molecule has 0 atom stereocenters. The van der Waals surface area contributed by atoms with Crippen molar-refractivity contribution in [1.82, 2.24) is 10.3 Å². The smallest absolute Gasteiger partial charge is 0.0468 e. The Kier molecular flexibility index (Phi) is 1.82. The SMILES string of the molecule is C1=CC=C(c2cc[nH]c2)NC=C1. The number of rotatable bonds is 1. The molecule has 0 bridgehead atoms. The summed E-state index contributed by atoms with van der Waals surface area (Å²) in [5.74, 6) is 0. The zero-order chi connectivity index (χ0) is 8.23. The van der Waals surface area contributed by atoms with Gasteiger partial charge in [0.15, 0.2) is 0 Å². The molecular formula is C10H10N2. The van der Waals surface area contributed by atoms with E-state index in [2.05, 4.69) is 10.3 Å². The highest BCUT2D eigenvalue weighted by Crippen LogP contribution is 2.11. The van der Waals surface area contributed by atoms with Crippen molar-refractivity contribution in [3.8, 4) is 0 Å². The largest absolute Gasteiger partial charge is 0.367 e. The molecule has 0 amide bonds. The quantitative estimate of drug-likeness (QED) is 0.643. The van der Waals surface area contributed by atoms with Crippen molar-refractivity contribution >= 4 is 5.70 Å². The average Bonchev–Trinajstić information content (AvgIpc) is 2.48. The van der Waals surface area contributed by atoms with Gasteiger partial charge in [-0.05, 0) is 18.2 Å². The van der Waals surface area contributed by atoms with Crippen LogP contribution in [0.25, 0.3) is 5.70 Å². The van der Waals surface area contributed by atoms with Gasteiger partial charge in [0.2, 0.25) is 0 Å². The third-order valence-electron chi connectivity index (χ3n) is 1.73. The van der Waals surface area contributed by atoms with E-state index in [1.54, 1.807) is 0 Å². The van der Waals surface area contributed by atoms with E-state index >= 15 is 0 Å². The first-order valence-electron chi connectivity index (χ1n) is 3.90. The van der Waals surface area contributed by atoms with Gasteiger partial charge in [0.1, 0.15) is 0 Å². The van der Waals surface area contributed by atoms with Crippen LogP contribution < -0.4 is 5.32 Å². The Hall–Kier alpha value is -1.70. The van der Waals surface area contributed by atoms with Gasteiger partial charge in [-0.25, -0.2) is 0 Å². The van der Waals surface area contributed by atoms with Crippen LogP contribution in [0.5, 0.6) is 0 Å². The van der Waals surface area contributed by atoms with Gasteiger partial charge in [0.25, 0.3) is 0 Å². The van der Waals surface area contributed by atoms with Crippen LogP contribution in [0.1, 0.15) is 5.56 Å². The fraction of sp³-hybridized carbons (Fsp3) is 0. The molecule has 2 heterocycles. The minimum absolute atomic E-state index is 1.11.